The van der Waals surface area contributed by atoms with E-state index in [1.165, 1.54) is 11.4 Å². The molecule has 65 heavy (non-hydrogen) atoms. The molecule has 1 saturated carbocycles. The van der Waals surface area contributed by atoms with Crippen LogP contribution in [0.4, 0.5) is 0 Å². The Morgan fingerprint density at radius 3 is 2.54 bits per heavy atom. The van der Waals surface area contributed by atoms with E-state index in [2.05, 4.69) is 17.6 Å². The lowest BCUT2D eigenvalue weighted by molar-refractivity contribution is -0.250. The Bertz CT molecular complexity index is 2500. The van der Waals surface area contributed by atoms with Crippen LogP contribution in [-0.4, -0.2) is 98.6 Å². The number of sulfonamides is 1. The van der Waals surface area contributed by atoms with Crippen LogP contribution in [0.5, 0.6) is 23.0 Å². The minimum absolute atomic E-state index is 0.0169. The van der Waals surface area contributed by atoms with Gasteiger partial charge in [0, 0.05) is 56.2 Å². The summed E-state index contributed by atoms with van der Waals surface area (Å²) < 4.78 is 63.9. The van der Waals surface area contributed by atoms with Gasteiger partial charge in [0.25, 0.3) is 0 Å². The molecule has 8 rings (SSSR count). The lowest BCUT2D eigenvalue weighted by Crippen LogP contribution is -2.69. The van der Waals surface area contributed by atoms with Crippen LogP contribution in [-0.2, 0) is 24.3 Å². The molecule has 4 aliphatic rings. The van der Waals surface area contributed by atoms with Gasteiger partial charge in [-0.3, -0.25) is 9.78 Å². The molecule has 0 amide bonds. The number of rotatable bonds is 20. The Hall–Kier alpha value is -5.16. The van der Waals surface area contributed by atoms with Crippen LogP contribution in [0.25, 0.3) is 10.9 Å². The Morgan fingerprint density at radius 1 is 1.00 bits per heavy atom. The number of aliphatic hydroxyl groups is 2. The molecule has 14 nitrogen and oxygen atoms in total. The fourth-order valence-corrected chi connectivity index (χ4v) is 11.8. The predicted molar refractivity (Wildman–Crippen MR) is 245 cm³/mol. The average Bonchev–Trinajstić information content (AvgIpc) is 3.33. The predicted octanol–water partition coefficient (Wildman–Crippen LogP) is 8.33. The molecule has 1 aromatic heterocycles. The fraction of sp³-hybridized carbons (Fsp3) is 0.460. The number of aromatic nitrogens is 1. The van der Waals surface area contributed by atoms with E-state index >= 15 is 8.42 Å². The molecular weight excluding hydrogens is 851 g/mol. The molecule has 2 aliphatic carbocycles. The summed E-state index contributed by atoms with van der Waals surface area (Å²) in [5, 5.41) is 25.5. The zero-order chi connectivity index (χ0) is 45.6. The topological polar surface area (TPSA) is 176 Å². The van der Waals surface area contributed by atoms with Crippen LogP contribution in [0.2, 0.25) is 0 Å². The molecule has 3 aromatic carbocycles. The monoisotopic (exact) mass is 909 g/mol. The van der Waals surface area contributed by atoms with Gasteiger partial charge >= 0.3 is 0 Å². The number of fused-ring (bicyclic) bond motifs is 3. The van der Waals surface area contributed by atoms with E-state index in [0.717, 1.165) is 55.9 Å². The highest BCUT2D eigenvalue weighted by Crippen LogP contribution is 2.62. The Labute approximate surface area is 380 Å². The van der Waals surface area contributed by atoms with E-state index in [1.54, 1.807) is 61.8 Å². The molecule has 0 radical (unpaired) electrons. The van der Waals surface area contributed by atoms with Crippen molar-refractivity contribution >= 4 is 32.9 Å². The number of para-hydroxylation sites is 1. The highest BCUT2D eigenvalue weighted by molar-refractivity contribution is 7.89. The number of ether oxygens (including phenoxy) is 5. The van der Waals surface area contributed by atoms with Gasteiger partial charge in [0.1, 0.15) is 27.9 Å². The molecule has 15 heteroatoms. The van der Waals surface area contributed by atoms with Crippen molar-refractivity contribution in [1.29, 1.82) is 0 Å². The molecule has 3 heterocycles. The number of aldehydes is 1. The number of allylic oxidation sites excluding steroid dienone is 1. The number of likely N-dealkylation sites (N-methyl/N-ethyl adjacent to an activating group) is 1. The summed E-state index contributed by atoms with van der Waals surface area (Å²) in [7, 11) is -1.25. The Morgan fingerprint density at radius 2 is 1.78 bits per heavy atom. The van der Waals surface area contributed by atoms with Crippen LogP contribution < -0.4 is 14.2 Å². The summed E-state index contributed by atoms with van der Waals surface area (Å²) in [6.07, 6.45) is 12.4. The van der Waals surface area contributed by atoms with Crippen LogP contribution in [0, 0.1) is 17.8 Å². The third-order valence-electron chi connectivity index (χ3n) is 13.3. The minimum atomic E-state index is -4.31. The highest BCUT2D eigenvalue weighted by atomic mass is 32.2. The number of hydrogen-bond acceptors (Lipinski definition) is 13. The largest absolute Gasteiger partial charge is 0.496 e. The number of pyridine rings is 1. The quantitative estimate of drug-likeness (QED) is 0.0376. The van der Waals surface area contributed by atoms with Gasteiger partial charge in [0.15, 0.2) is 6.29 Å². The number of hydrogen-bond donors (Lipinski definition) is 2. The first-order chi connectivity index (χ1) is 31.7. The van der Waals surface area contributed by atoms with Gasteiger partial charge in [-0.25, -0.2) is 8.42 Å². The summed E-state index contributed by atoms with van der Waals surface area (Å²) in [5.41, 5.74) is 2.91. The van der Waals surface area contributed by atoms with Crippen molar-refractivity contribution < 1.29 is 51.9 Å². The number of unbranched alkanes of at least 4 members (excludes halogenated alkanes) is 2. The van der Waals surface area contributed by atoms with E-state index in [1.807, 2.05) is 24.3 Å². The van der Waals surface area contributed by atoms with Crippen LogP contribution in [0.3, 0.4) is 0 Å². The van der Waals surface area contributed by atoms with Crippen molar-refractivity contribution in [3.8, 4) is 23.0 Å². The summed E-state index contributed by atoms with van der Waals surface area (Å²) in [6.45, 7) is 4.69. The van der Waals surface area contributed by atoms with E-state index in [9.17, 15) is 15.0 Å². The summed E-state index contributed by atoms with van der Waals surface area (Å²) in [5.74, 6) is -0.846. The van der Waals surface area contributed by atoms with Crippen molar-refractivity contribution in [1.82, 2.24) is 9.29 Å². The number of oxime groups is 1. The van der Waals surface area contributed by atoms with E-state index < -0.39 is 34.1 Å². The number of benzene rings is 3. The van der Waals surface area contributed by atoms with Gasteiger partial charge in [-0.1, -0.05) is 48.3 Å². The first kappa shape index (κ1) is 46.4. The molecule has 2 N–H and O–H groups in total. The normalized spacial score (nSPS) is 25.6. The molecule has 1 unspecified atom stereocenters. The molecule has 0 bridgehead atoms. The van der Waals surface area contributed by atoms with Crippen molar-refractivity contribution in [3.63, 3.8) is 0 Å². The van der Waals surface area contributed by atoms with E-state index in [-0.39, 0.29) is 48.9 Å². The molecule has 7 atom stereocenters. The maximum absolute atomic E-state index is 15.2. The molecule has 0 spiro atoms. The minimum Gasteiger partial charge on any atom is -0.496 e. The second kappa shape index (κ2) is 20.6. The van der Waals surface area contributed by atoms with Gasteiger partial charge in [0.05, 0.1) is 49.1 Å². The van der Waals surface area contributed by atoms with E-state index in [0.29, 0.717) is 71.0 Å². The van der Waals surface area contributed by atoms with Gasteiger partial charge in [-0.15, -0.1) is 6.58 Å². The smallest absolute Gasteiger partial charge is 0.245 e. The van der Waals surface area contributed by atoms with Gasteiger partial charge in [-0.05, 0) is 104 Å². The number of aliphatic hydroxyl groups excluding tert-OH is 2. The zero-order valence-corrected chi connectivity index (χ0v) is 37.9. The van der Waals surface area contributed by atoms with Gasteiger partial charge in [0.2, 0.25) is 22.1 Å². The molecule has 2 fully saturated rings. The van der Waals surface area contributed by atoms with Gasteiger partial charge < -0.3 is 38.7 Å². The van der Waals surface area contributed by atoms with Crippen molar-refractivity contribution in [2.75, 3.05) is 40.6 Å². The van der Waals surface area contributed by atoms with Crippen molar-refractivity contribution in [3.05, 3.63) is 108 Å². The van der Waals surface area contributed by atoms with Crippen LogP contribution in [0.15, 0.2) is 107 Å². The molecule has 2 aliphatic heterocycles. The number of nitrogens with zero attached hydrogens (tertiary/aromatic N) is 3. The third-order valence-corrected chi connectivity index (χ3v) is 15.2. The van der Waals surface area contributed by atoms with Crippen molar-refractivity contribution in [2.45, 2.75) is 93.1 Å². The second-order valence-electron chi connectivity index (χ2n) is 17.2. The maximum atomic E-state index is 15.2. The SMILES string of the molecule is C=CCO[C@@]12Oc3ccc(Oc4ccc(OC)c(C=O)c4)cc3[C@H]3[C@H](CCCCO)[C@@H](CCCCO)C=C(C(=NOC4CCCCO4)C[C@@H]1N(C)S(=O)(=O)c1cccc4cccnc14)[C@H]32. The second-order valence-corrected chi connectivity index (χ2v) is 19.1. The summed E-state index contributed by atoms with van der Waals surface area (Å²) in [6, 6.07) is 18.3. The molecule has 1 saturated heterocycles. The van der Waals surface area contributed by atoms with Crippen LogP contribution in [0.1, 0.15) is 86.0 Å². The zero-order valence-electron chi connectivity index (χ0n) is 37.0. The molecular formula is C50H59N3O11S. The standard InChI is InChI=1S/C50H59N3O11S/c1-4-26-61-50-45(53(2)65(57,58)44-17-11-14-33-15-12-23-51-49(33)44)31-41(52-64-46-18-7-10-27-60-46)39-29-34(13-5-8-24-54)38(16-6-9-25-55)47(48(39)50)40-30-37(20-22-43(40)63-50)62-36-19-21-42(59-3)35(28-36)32-56/h4,11-12,14-15,17,19-23,28-30,32,34,38,45-48,54-55H,1,5-10,13,16,18,24-27,31H2,2-3H3/t34-,38+,45-,46?,47+,48+,50+/m0/s1. The Kier molecular flexibility index (Phi) is 14.7. The number of methoxy groups -OCH3 is 1. The molecule has 346 valence electrons. The number of carbonyl (C=O) groups excluding carboxylic acids is 1. The average molecular weight is 910 g/mol. The summed E-state index contributed by atoms with van der Waals surface area (Å²) in [4.78, 5) is 22.8. The Balaban J connectivity index is 1.34. The van der Waals surface area contributed by atoms with E-state index in [4.69, 9.17) is 33.7 Å². The van der Waals surface area contributed by atoms with Crippen molar-refractivity contribution in [2.24, 2.45) is 22.9 Å². The first-order valence-electron chi connectivity index (χ1n) is 22.7. The fourth-order valence-electron chi connectivity index (χ4n) is 10.3. The maximum Gasteiger partial charge on any atom is 0.245 e. The van der Waals surface area contributed by atoms with Crippen LogP contribution >= 0.6 is 0 Å². The first-order valence-corrected chi connectivity index (χ1v) is 24.1. The van der Waals surface area contributed by atoms with Gasteiger partial charge in [-0.2, -0.15) is 4.31 Å². The third kappa shape index (κ3) is 9.32. The lowest BCUT2D eigenvalue weighted by Gasteiger charge is -2.59. The summed E-state index contributed by atoms with van der Waals surface area (Å²) >= 11 is 0. The lowest BCUT2D eigenvalue weighted by atomic mass is 9.55. The number of carbonyl (C=O) groups is 1. The molecule has 4 aromatic rings. The highest BCUT2D eigenvalue weighted by Gasteiger charge is 2.66.